The van der Waals surface area contributed by atoms with E-state index in [-0.39, 0.29) is 0 Å². The van der Waals surface area contributed by atoms with Gasteiger partial charge in [0.25, 0.3) is 0 Å². The van der Waals surface area contributed by atoms with Crippen LogP contribution >= 0.6 is 0 Å². The number of ether oxygens (including phenoxy) is 3. The highest BCUT2D eigenvalue weighted by Gasteiger charge is 2.21. The Labute approximate surface area is 192 Å². The van der Waals surface area contributed by atoms with E-state index in [9.17, 15) is 0 Å². The second-order valence-corrected chi connectivity index (χ2v) is 7.86. The van der Waals surface area contributed by atoms with E-state index >= 15 is 0 Å². The zero-order valence-corrected chi connectivity index (χ0v) is 19.8. The Morgan fingerprint density at radius 1 is 0.906 bits per heavy atom. The molecule has 32 heavy (non-hydrogen) atoms. The van der Waals surface area contributed by atoms with Crippen molar-refractivity contribution in [2.45, 2.75) is 19.4 Å². The molecule has 0 saturated carbocycles. The molecule has 3 rings (SSSR count). The molecule has 1 saturated heterocycles. The minimum Gasteiger partial charge on any atom is -0.493 e. The molecule has 0 amide bonds. The first-order valence-electron chi connectivity index (χ1n) is 11.2. The summed E-state index contributed by atoms with van der Waals surface area (Å²) in [5.74, 6) is 3.01. The van der Waals surface area contributed by atoms with Crippen LogP contribution in [-0.2, 0) is 13.0 Å². The third kappa shape index (κ3) is 6.29. The molecule has 174 valence electrons. The van der Waals surface area contributed by atoms with Crippen LogP contribution in [0.4, 0.5) is 0 Å². The standard InChI is InChI=1S/C25H36N4O3/c1-26-25(27-12-8-11-20-9-6-5-7-10-20)29-15-13-28(14-16-29)19-21-17-22(30-2)24(32-4)23(18-21)31-3/h5-7,9-10,17-18H,8,11-16,19H2,1-4H3,(H,26,27). The maximum absolute atomic E-state index is 5.49. The average Bonchev–Trinajstić information content (AvgIpc) is 2.84. The molecule has 1 N–H and O–H groups in total. The first-order chi connectivity index (χ1) is 15.7. The molecule has 0 aromatic heterocycles. The average molecular weight is 441 g/mol. The van der Waals surface area contributed by atoms with Gasteiger partial charge in [-0.1, -0.05) is 30.3 Å². The Morgan fingerprint density at radius 3 is 2.12 bits per heavy atom. The van der Waals surface area contributed by atoms with Crippen molar-refractivity contribution >= 4 is 5.96 Å². The lowest BCUT2D eigenvalue weighted by atomic mass is 10.1. The van der Waals surface area contributed by atoms with Crippen LogP contribution in [0.5, 0.6) is 17.2 Å². The van der Waals surface area contributed by atoms with Crippen LogP contribution < -0.4 is 19.5 Å². The molecule has 2 aromatic rings. The van der Waals surface area contributed by atoms with Gasteiger partial charge < -0.3 is 24.4 Å². The number of methoxy groups -OCH3 is 3. The zero-order valence-electron chi connectivity index (χ0n) is 19.8. The largest absolute Gasteiger partial charge is 0.493 e. The van der Waals surface area contributed by atoms with Gasteiger partial charge in [-0.05, 0) is 36.1 Å². The van der Waals surface area contributed by atoms with Crippen LogP contribution in [0.2, 0.25) is 0 Å². The summed E-state index contributed by atoms with van der Waals surface area (Å²) in [5.41, 5.74) is 2.53. The van der Waals surface area contributed by atoms with Crippen molar-refractivity contribution in [3.63, 3.8) is 0 Å². The van der Waals surface area contributed by atoms with E-state index in [1.54, 1.807) is 21.3 Å². The second-order valence-electron chi connectivity index (χ2n) is 7.86. The third-order valence-electron chi connectivity index (χ3n) is 5.78. The highest BCUT2D eigenvalue weighted by Crippen LogP contribution is 2.38. The third-order valence-corrected chi connectivity index (χ3v) is 5.78. The summed E-state index contributed by atoms with van der Waals surface area (Å²) >= 11 is 0. The van der Waals surface area contributed by atoms with Gasteiger partial charge in [-0.2, -0.15) is 0 Å². The lowest BCUT2D eigenvalue weighted by Crippen LogP contribution is -2.52. The molecule has 2 aromatic carbocycles. The number of rotatable bonds is 9. The number of hydrogen-bond acceptors (Lipinski definition) is 5. The molecule has 0 bridgehead atoms. The molecule has 1 aliphatic heterocycles. The van der Waals surface area contributed by atoms with Crippen molar-refractivity contribution in [3.8, 4) is 17.2 Å². The molecule has 1 heterocycles. The summed E-state index contributed by atoms with van der Waals surface area (Å²) in [5, 5.41) is 3.53. The molecule has 7 nitrogen and oxygen atoms in total. The summed E-state index contributed by atoms with van der Waals surface area (Å²) in [6.07, 6.45) is 2.16. The maximum Gasteiger partial charge on any atom is 0.203 e. The van der Waals surface area contributed by atoms with Crippen LogP contribution in [0, 0.1) is 0 Å². The van der Waals surface area contributed by atoms with E-state index < -0.39 is 0 Å². The molecular weight excluding hydrogens is 404 g/mol. The van der Waals surface area contributed by atoms with Crippen molar-refractivity contribution < 1.29 is 14.2 Å². The van der Waals surface area contributed by atoms with Crippen molar-refractivity contribution in [1.29, 1.82) is 0 Å². The monoisotopic (exact) mass is 440 g/mol. The lowest BCUT2D eigenvalue weighted by Gasteiger charge is -2.36. The van der Waals surface area contributed by atoms with E-state index in [0.29, 0.717) is 17.2 Å². The zero-order chi connectivity index (χ0) is 22.8. The second kappa shape index (κ2) is 12.2. The topological polar surface area (TPSA) is 58.6 Å². The summed E-state index contributed by atoms with van der Waals surface area (Å²) in [6, 6.07) is 14.7. The summed E-state index contributed by atoms with van der Waals surface area (Å²) in [7, 11) is 6.79. The highest BCUT2D eigenvalue weighted by molar-refractivity contribution is 5.80. The fraction of sp³-hybridized carbons (Fsp3) is 0.480. The van der Waals surface area contributed by atoms with Crippen LogP contribution in [-0.4, -0.2) is 76.9 Å². The molecule has 1 fully saturated rings. The Morgan fingerprint density at radius 2 is 1.56 bits per heavy atom. The number of benzene rings is 2. The van der Waals surface area contributed by atoms with Gasteiger partial charge in [-0.15, -0.1) is 0 Å². The molecule has 0 radical (unpaired) electrons. The molecule has 7 heteroatoms. The highest BCUT2D eigenvalue weighted by atomic mass is 16.5. The van der Waals surface area contributed by atoms with Crippen LogP contribution in [0.3, 0.4) is 0 Å². The van der Waals surface area contributed by atoms with Gasteiger partial charge in [0, 0.05) is 46.3 Å². The fourth-order valence-electron chi connectivity index (χ4n) is 4.07. The quantitative estimate of drug-likeness (QED) is 0.368. The number of nitrogens with zero attached hydrogens (tertiary/aromatic N) is 3. The number of piperazine rings is 1. The van der Waals surface area contributed by atoms with Crippen molar-refractivity contribution in [1.82, 2.24) is 15.1 Å². The molecule has 0 spiro atoms. The lowest BCUT2D eigenvalue weighted by molar-refractivity contribution is 0.172. The van der Waals surface area contributed by atoms with Crippen LogP contribution in [0.25, 0.3) is 0 Å². The van der Waals surface area contributed by atoms with Gasteiger partial charge in [-0.3, -0.25) is 9.89 Å². The molecule has 0 atom stereocenters. The van der Waals surface area contributed by atoms with Crippen molar-refractivity contribution in [2.75, 3.05) is 61.1 Å². The molecule has 1 aliphatic rings. The van der Waals surface area contributed by atoms with Crippen molar-refractivity contribution in [2.24, 2.45) is 4.99 Å². The minimum absolute atomic E-state index is 0.630. The number of hydrogen-bond donors (Lipinski definition) is 1. The normalized spacial score (nSPS) is 14.9. The SMILES string of the molecule is CN=C(NCCCc1ccccc1)N1CCN(Cc2cc(OC)c(OC)c(OC)c2)CC1. The van der Waals surface area contributed by atoms with Gasteiger partial charge in [0.15, 0.2) is 17.5 Å². The molecular formula is C25H36N4O3. The van der Waals surface area contributed by atoms with E-state index in [2.05, 4.69) is 50.4 Å². The number of aryl methyl sites for hydroxylation is 1. The maximum atomic E-state index is 5.49. The van der Waals surface area contributed by atoms with Crippen LogP contribution in [0.15, 0.2) is 47.5 Å². The number of guanidine groups is 1. The number of nitrogens with one attached hydrogen (secondary N) is 1. The van der Waals surface area contributed by atoms with Gasteiger partial charge in [-0.25, -0.2) is 0 Å². The van der Waals surface area contributed by atoms with Crippen molar-refractivity contribution in [3.05, 3.63) is 53.6 Å². The fourth-order valence-corrected chi connectivity index (χ4v) is 4.07. The predicted octanol–water partition coefficient (Wildman–Crippen LogP) is 3.04. The van der Waals surface area contributed by atoms with Gasteiger partial charge in [0.1, 0.15) is 0 Å². The summed E-state index contributed by atoms with van der Waals surface area (Å²) in [4.78, 5) is 9.28. The van der Waals surface area contributed by atoms with Gasteiger partial charge >= 0.3 is 0 Å². The van der Waals surface area contributed by atoms with Crippen LogP contribution in [0.1, 0.15) is 17.5 Å². The molecule has 0 aliphatic carbocycles. The predicted molar refractivity (Wildman–Crippen MR) is 129 cm³/mol. The Hall–Kier alpha value is -2.93. The van der Waals surface area contributed by atoms with E-state index in [0.717, 1.165) is 63.6 Å². The Bertz CT molecular complexity index is 840. The minimum atomic E-state index is 0.630. The first-order valence-corrected chi connectivity index (χ1v) is 11.2. The number of aliphatic imine (C=N–C) groups is 1. The van der Waals surface area contributed by atoms with E-state index in [1.807, 2.05) is 19.2 Å². The van der Waals surface area contributed by atoms with E-state index in [1.165, 1.54) is 5.56 Å². The van der Waals surface area contributed by atoms with Gasteiger partial charge in [0.2, 0.25) is 5.75 Å². The smallest absolute Gasteiger partial charge is 0.203 e. The summed E-state index contributed by atoms with van der Waals surface area (Å²) < 4.78 is 16.4. The molecule has 0 unspecified atom stereocenters. The first kappa shape index (κ1) is 23.7. The summed E-state index contributed by atoms with van der Waals surface area (Å²) in [6.45, 7) is 5.61. The Balaban J connectivity index is 1.47. The Kier molecular flexibility index (Phi) is 9.04. The van der Waals surface area contributed by atoms with Gasteiger partial charge in [0.05, 0.1) is 21.3 Å². The van der Waals surface area contributed by atoms with E-state index in [4.69, 9.17) is 14.2 Å².